The summed E-state index contributed by atoms with van der Waals surface area (Å²) in [6.07, 6.45) is -2.33. The third kappa shape index (κ3) is 17.7. The van der Waals surface area contributed by atoms with Crippen LogP contribution < -0.4 is 24.6 Å². The van der Waals surface area contributed by atoms with Crippen LogP contribution in [-0.4, -0.2) is 134 Å². The number of amides is 5. The maximum Gasteiger partial charge on any atom is 0.417 e. The van der Waals surface area contributed by atoms with Gasteiger partial charge in [0, 0.05) is 18.3 Å². The van der Waals surface area contributed by atoms with E-state index in [1.165, 1.54) is 11.8 Å². The number of nitrogens with zero attached hydrogens (tertiary/aromatic N) is 3. The largest absolute Gasteiger partial charge is 0.497 e. The number of esters is 1. The predicted molar refractivity (Wildman–Crippen MR) is 380 cm³/mol. The van der Waals surface area contributed by atoms with Gasteiger partial charge in [0.05, 0.1) is 38.4 Å². The van der Waals surface area contributed by atoms with E-state index in [0.29, 0.717) is 61.7 Å². The zero-order valence-corrected chi connectivity index (χ0v) is 65.9. The third-order valence-electron chi connectivity index (χ3n) is 19.6. The molecule has 0 spiro atoms. The number of methoxy groups -OCH3 is 2. The molecule has 0 bridgehead atoms. The molecular weight excluding hydrogens is 1210 g/mol. The van der Waals surface area contributed by atoms with Crippen LogP contribution in [0.2, 0.25) is 49.9 Å². The Hall–Kier alpha value is -4.61. The number of rotatable bonds is 24. The summed E-state index contributed by atoms with van der Waals surface area (Å²) in [6.45, 7) is 63.8. The van der Waals surface area contributed by atoms with E-state index < -0.39 is 54.8 Å². The molecule has 8 atom stereocenters. The summed E-state index contributed by atoms with van der Waals surface area (Å²) < 4.78 is 41.0. The normalized spacial score (nSPS) is 22.0. The molecule has 5 amide bonds. The molecule has 0 saturated carbocycles. The van der Waals surface area contributed by atoms with Crippen LogP contribution in [0.3, 0.4) is 0 Å². The molecule has 4 fully saturated rings. The van der Waals surface area contributed by atoms with Gasteiger partial charge in [0.15, 0.2) is 0 Å². The molecule has 2 aromatic rings. The average Bonchev–Trinajstić information content (AvgIpc) is 0.753. The minimum Gasteiger partial charge on any atom is -0.497 e. The summed E-state index contributed by atoms with van der Waals surface area (Å²) in [5, 5.41) is 2.99. The first-order chi connectivity index (χ1) is 42.3. The first kappa shape index (κ1) is 81.6. The van der Waals surface area contributed by atoms with Crippen molar-refractivity contribution < 1.29 is 61.0 Å². The number of carbonyl (C=O) groups excluding carboxylic acids is 6. The van der Waals surface area contributed by atoms with Crippen molar-refractivity contribution in [3.8, 4) is 11.5 Å². The van der Waals surface area contributed by atoms with Crippen molar-refractivity contribution in [2.75, 3.05) is 24.0 Å². The van der Waals surface area contributed by atoms with Gasteiger partial charge < -0.3 is 47.3 Å². The first-order valence-electron chi connectivity index (χ1n) is 34.3. The monoisotopic (exact) mass is 1340 g/mol. The topological polar surface area (TPSA) is 189 Å². The molecule has 4 heterocycles. The number of β-lactam (4-membered cyclic amide) rings is 4. The molecule has 20 heteroatoms. The maximum absolute atomic E-state index is 13.2. The summed E-state index contributed by atoms with van der Waals surface area (Å²) in [4.78, 5) is 78.6. The Morgan fingerprint density at radius 3 is 0.978 bits per heavy atom. The molecule has 0 radical (unpaired) electrons. The van der Waals surface area contributed by atoms with Gasteiger partial charge in [-0.2, -0.15) is 0 Å². The summed E-state index contributed by atoms with van der Waals surface area (Å²) in [6, 6.07) is 14.9. The van der Waals surface area contributed by atoms with Crippen molar-refractivity contribution >= 4 is 72.0 Å². The summed E-state index contributed by atoms with van der Waals surface area (Å²) in [5.41, 5.74) is 5.21. The van der Waals surface area contributed by atoms with Gasteiger partial charge in [-0.1, -0.05) is 180 Å². The van der Waals surface area contributed by atoms with E-state index >= 15 is 0 Å². The number of benzene rings is 2. The molecule has 17 nitrogen and oxygen atoms in total. The van der Waals surface area contributed by atoms with Gasteiger partial charge in [-0.3, -0.25) is 24.0 Å². The fourth-order valence-corrected chi connectivity index (χ4v) is 32.0. The molecule has 4 aliphatic rings. The van der Waals surface area contributed by atoms with E-state index in [0.717, 1.165) is 22.9 Å². The second-order valence-corrected chi connectivity index (χ2v) is 47.3. The van der Waals surface area contributed by atoms with Crippen molar-refractivity contribution in [2.24, 2.45) is 23.7 Å². The Morgan fingerprint density at radius 2 is 0.717 bits per heavy atom. The minimum atomic E-state index is -2.20. The fourth-order valence-electron chi connectivity index (χ4n) is 15.5. The molecular formula is C72H126N4O13Si3. The van der Waals surface area contributed by atoms with Crippen LogP contribution in [0.5, 0.6) is 11.5 Å². The number of imide groups is 1. The predicted octanol–water partition coefficient (Wildman–Crippen LogP) is 16.7. The molecule has 6 rings (SSSR count). The zero-order chi connectivity index (χ0) is 70.9. The number of anilines is 2. The fraction of sp³-hybridized carbons (Fsp3) is 0.750. The number of likely N-dealkylation sites (tertiary alicyclic amines) is 1. The molecule has 524 valence electrons. The quantitative estimate of drug-likeness (QED) is 0.0594. The molecule has 0 aliphatic carbocycles. The smallest absolute Gasteiger partial charge is 0.417 e. The Balaban J connectivity index is 0.000000324. The van der Waals surface area contributed by atoms with Gasteiger partial charge in [-0.05, 0) is 143 Å². The van der Waals surface area contributed by atoms with Gasteiger partial charge in [-0.25, -0.2) is 9.69 Å². The van der Waals surface area contributed by atoms with E-state index in [4.69, 9.17) is 32.2 Å². The molecule has 4 saturated heterocycles. The lowest BCUT2D eigenvalue weighted by Gasteiger charge is -2.54. The van der Waals surface area contributed by atoms with Crippen LogP contribution in [0.1, 0.15) is 208 Å². The Kier molecular flexibility index (Phi) is 29.6. The lowest BCUT2D eigenvalue weighted by Crippen LogP contribution is -2.72. The first-order valence-corrected chi connectivity index (χ1v) is 40.8. The van der Waals surface area contributed by atoms with Crippen LogP contribution in [0, 0.1) is 23.7 Å². The summed E-state index contributed by atoms with van der Waals surface area (Å²) in [5.74, 6) is 1.92. The van der Waals surface area contributed by atoms with Gasteiger partial charge in [0.25, 0.3) is 17.7 Å². The summed E-state index contributed by atoms with van der Waals surface area (Å²) >= 11 is 0. The van der Waals surface area contributed by atoms with Gasteiger partial charge in [0.2, 0.25) is 37.0 Å². The highest BCUT2D eigenvalue weighted by Crippen LogP contribution is 2.49. The lowest BCUT2D eigenvalue weighted by atomic mass is 9.87. The van der Waals surface area contributed by atoms with Crippen molar-refractivity contribution in [1.29, 1.82) is 0 Å². The standard InChI is InChI=1S/C22H37NO3Si.C20H39NO4Si.C15H19NO4.C15H31NO2Si/c1-14(2)20-21(26-27(15(3)4,16(5)6)17(7)8)22(24)23(20)18-10-12-19(25-9)13-11-18;1-12(2)16-17(18(22)21(16)19(23)24-20(9,10)11)25-26(13(3)4,14(5)6)15(7)8;1-9(2)13-14(20-10(3)17)15(18)16(13)11-5-7-12(19-4)8-6-11;1-9(2)13-14(15(17)16-13)18-19(10(3)4,11(5)6)12(7)8/h10-17,20-21H,1-9H3;12-17H,1-11H3;5-9,13-14H,1-4H3;9-14H,1-8H3,(H,16,17)/t20-,21+;16-,17+;2*13-,14+/m0000/s1. The molecule has 2 aromatic carbocycles. The van der Waals surface area contributed by atoms with Crippen LogP contribution >= 0.6 is 0 Å². The van der Waals surface area contributed by atoms with Gasteiger partial charge >= 0.3 is 12.1 Å². The number of nitrogens with one attached hydrogen (secondary N) is 1. The average molecular weight is 1340 g/mol. The third-order valence-corrected chi connectivity index (χ3v) is 37.9. The van der Waals surface area contributed by atoms with Crippen molar-refractivity contribution in [1.82, 2.24) is 10.2 Å². The van der Waals surface area contributed by atoms with Crippen LogP contribution in [-0.2, 0) is 46.7 Å². The van der Waals surface area contributed by atoms with Crippen molar-refractivity contribution in [3.05, 3.63) is 48.5 Å². The second-order valence-electron chi connectivity index (χ2n) is 31.1. The highest BCUT2D eigenvalue weighted by atomic mass is 28.4. The van der Waals surface area contributed by atoms with Crippen LogP contribution in [0.25, 0.3) is 0 Å². The maximum atomic E-state index is 13.2. The minimum absolute atomic E-state index is 0.0778. The SMILES string of the molecule is CC(C)[C@@H]1NC(=O)[C@@H]1O[Si](C(C)C)(C(C)C)C(C)C.CC(C)[C@H]1[C@@H](O[Si](C(C)C)(C(C)C)C(C)C)C(=O)N1C(=O)OC(C)(C)C.COc1ccc(N2C(=O)[C@H](OC(C)=O)[C@@H]2C(C)C)cc1.COc1ccc(N2C(=O)[C@H](O[Si](C(C)C)(C(C)C)C(C)C)[C@@H]2C(C)C)cc1. The molecule has 0 aromatic heterocycles. The van der Waals surface area contributed by atoms with Crippen LogP contribution in [0.4, 0.5) is 16.2 Å². The van der Waals surface area contributed by atoms with E-state index in [2.05, 4.69) is 158 Å². The zero-order valence-electron chi connectivity index (χ0n) is 62.9. The molecule has 0 unspecified atom stereocenters. The molecule has 1 N–H and O–H groups in total. The van der Waals surface area contributed by atoms with Crippen molar-refractivity contribution in [3.63, 3.8) is 0 Å². The lowest BCUT2D eigenvalue weighted by molar-refractivity contribution is -0.165. The summed E-state index contributed by atoms with van der Waals surface area (Å²) in [7, 11) is -3.01. The number of carbonyl (C=O) groups is 6. The second kappa shape index (κ2) is 33.4. The van der Waals surface area contributed by atoms with Gasteiger partial charge in [-0.15, -0.1) is 0 Å². The number of hydrogen-bond donors (Lipinski definition) is 1. The number of ether oxygens (including phenoxy) is 4. The molecule has 4 aliphatic heterocycles. The Morgan fingerprint density at radius 1 is 0.424 bits per heavy atom. The van der Waals surface area contributed by atoms with E-state index in [1.807, 2.05) is 89.8 Å². The van der Waals surface area contributed by atoms with Crippen LogP contribution in [0.15, 0.2) is 48.5 Å². The number of hydrogen-bond acceptors (Lipinski definition) is 13. The van der Waals surface area contributed by atoms with E-state index in [-0.39, 0.29) is 71.8 Å². The molecule has 92 heavy (non-hydrogen) atoms. The Bertz CT molecular complexity index is 2660. The van der Waals surface area contributed by atoms with Crippen molar-refractivity contribution in [2.45, 2.75) is 312 Å². The van der Waals surface area contributed by atoms with Gasteiger partial charge in [0.1, 0.15) is 35.4 Å². The Labute approximate surface area is 559 Å². The van der Waals surface area contributed by atoms with E-state index in [1.54, 1.807) is 31.3 Å². The van der Waals surface area contributed by atoms with E-state index in [9.17, 15) is 28.8 Å². The highest BCUT2D eigenvalue weighted by Gasteiger charge is 2.60. The highest BCUT2D eigenvalue weighted by molar-refractivity contribution is 6.79.